The smallest absolute Gasteiger partial charge is 0.249 e. The molecule has 3 heterocycles. The first-order valence-electron chi connectivity index (χ1n) is 8.32. The van der Waals surface area contributed by atoms with Crippen molar-refractivity contribution in [1.82, 2.24) is 20.2 Å². The average molecular weight is 372 g/mol. The van der Waals surface area contributed by atoms with E-state index in [-0.39, 0.29) is 23.7 Å². The quantitative estimate of drug-likeness (QED) is 0.719. The van der Waals surface area contributed by atoms with E-state index in [0.717, 1.165) is 30.1 Å². The Bertz CT molecular complexity index is 896. The van der Waals surface area contributed by atoms with Crippen LogP contribution >= 0.6 is 11.3 Å². The average Bonchev–Trinajstić information content (AvgIpc) is 3.36. The first-order valence-corrected chi connectivity index (χ1v) is 9.20. The van der Waals surface area contributed by atoms with Crippen molar-refractivity contribution < 1.29 is 9.18 Å². The predicted octanol–water partition coefficient (Wildman–Crippen LogP) is 2.60. The van der Waals surface area contributed by atoms with Gasteiger partial charge in [-0.1, -0.05) is 12.1 Å². The molecule has 1 unspecified atom stereocenters. The number of aromatic nitrogens is 4. The summed E-state index contributed by atoms with van der Waals surface area (Å²) in [5.41, 5.74) is 0.782. The molecule has 9 heteroatoms. The maximum atomic E-state index is 13.3. The summed E-state index contributed by atoms with van der Waals surface area (Å²) < 4.78 is 13.3. The molecule has 2 aromatic heterocycles. The molecule has 0 radical (unpaired) electrons. The highest BCUT2D eigenvalue weighted by molar-refractivity contribution is 7.13. The van der Waals surface area contributed by atoms with Crippen molar-refractivity contribution in [3.8, 4) is 0 Å². The lowest BCUT2D eigenvalue weighted by molar-refractivity contribution is -0.117. The second-order valence-corrected chi connectivity index (χ2v) is 6.94. The maximum Gasteiger partial charge on any atom is 0.249 e. The fourth-order valence-electron chi connectivity index (χ4n) is 3.09. The van der Waals surface area contributed by atoms with Gasteiger partial charge in [0.05, 0.1) is 0 Å². The van der Waals surface area contributed by atoms with E-state index in [1.807, 2.05) is 16.3 Å². The van der Waals surface area contributed by atoms with Crippen LogP contribution in [0.4, 0.5) is 15.5 Å². The third kappa shape index (κ3) is 3.57. The molecule has 2 N–H and O–H groups in total. The Balaban J connectivity index is 1.41. The third-order valence-electron chi connectivity index (χ3n) is 4.25. The van der Waals surface area contributed by atoms with E-state index in [1.54, 1.807) is 12.3 Å². The summed E-state index contributed by atoms with van der Waals surface area (Å²) in [7, 11) is 0. The summed E-state index contributed by atoms with van der Waals surface area (Å²) in [4.78, 5) is 23.2. The molecule has 1 aromatic carbocycles. The van der Waals surface area contributed by atoms with Gasteiger partial charge in [-0.15, -0.1) is 16.4 Å². The number of thiazole rings is 1. The van der Waals surface area contributed by atoms with Crippen LogP contribution in [0.2, 0.25) is 0 Å². The first kappa shape index (κ1) is 16.6. The highest BCUT2D eigenvalue weighted by atomic mass is 32.1. The summed E-state index contributed by atoms with van der Waals surface area (Å²) in [6.07, 6.45) is 3.86. The number of anilines is 2. The number of rotatable bonds is 5. The van der Waals surface area contributed by atoms with E-state index in [0.29, 0.717) is 12.2 Å². The van der Waals surface area contributed by atoms with Gasteiger partial charge in [-0.3, -0.25) is 15.2 Å². The lowest BCUT2D eigenvalue weighted by atomic mass is 10.1. The van der Waals surface area contributed by atoms with Crippen molar-refractivity contribution in [1.29, 1.82) is 0 Å². The van der Waals surface area contributed by atoms with E-state index in [9.17, 15) is 9.18 Å². The largest absolute Gasteiger partial charge is 0.336 e. The molecule has 4 rings (SSSR count). The second kappa shape index (κ2) is 7.20. The van der Waals surface area contributed by atoms with Crippen molar-refractivity contribution in [3.05, 3.63) is 53.0 Å². The predicted molar refractivity (Wildman–Crippen MR) is 96.7 cm³/mol. The summed E-state index contributed by atoms with van der Waals surface area (Å²) >= 11 is 1.52. The number of carbonyl (C=O) groups is 1. The number of H-pyrrole nitrogens is 1. The van der Waals surface area contributed by atoms with Gasteiger partial charge in [-0.05, 0) is 30.5 Å². The second-order valence-electron chi connectivity index (χ2n) is 6.07. The van der Waals surface area contributed by atoms with Crippen LogP contribution < -0.4 is 10.2 Å². The van der Waals surface area contributed by atoms with Crippen LogP contribution in [0.25, 0.3) is 0 Å². The molecule has 0 spiro atoms. The highest BCUT2D eigenvalue weighted by Gasteiger charge is 2.32. The van der Waals surface area contributed by atoms with Crippen LogP contribution in [0, 0.1) is 5.82 Å². The topological polar surface area (TPSA) is 86.8 Å². The number of nitrogens with zero attached hydrogens (tertiary/aromatic N) is 4. The van der Waals surface area contributed by atoms with Crippen LogP contribution in [0.3, 0.4) is 0 Å². The Morgan fingerprint density at radius 2 is 2.38 bits per heavy atom. The standard InChI is InChI=1S/C17H17FN6OS/c18-12-4-1-3-11(9-12)10-14-20-16(23-22-14)21-15(25)13-5-2-7-24(13)17-19-6-8-26-17/h1,3-4,6,8-9,13H,2,5,7,10H2,(H2,20,21,22,23,25). The fraction of sp³-hybridized carbons (Fsp3) is 0.294. The third-order valence-corrected chi connectivity index (χ3v) is 5.06. The minimum absolute atomic E-state index is 0.144. The number of aromatic amines is 1. The van der Waals surface area contributed by atoms with Gasteiger partial charge in [0.2, 0.25) is 11.9 Å². The van der Waals surface area contributed by atoms with Crippen molar-refractivity contribution in [3.63, 3.8) is 0 Å². The minimum Gasteiger partial charge on any atom is -0.336 e. The number of benzene rings is 1. The zero-order chi connectivity index (χ0) is 17.9. The van der Waals surface area contributed by atoms with Crippen LogP contribution in [-0.4, -0.2) is 38.7 Å². The molecule has 3 aromatic rings. The van der Waals surface area contributed by atoms with Crippen molar-refractivity contribution in [2.45, 2.75) is 25.3 Å². The number of amides is 1. The molecular formula is C17H17FN6OS. The first-order chi connectivity index (χ1) is 12.7. The number of nitrogens with one attached hydrogen (secondary N) is 2. The van der Waals surface area contributed by atoms with E-state index < -0.39 is 0 Å². The Morgan fingerprint density at radius 1 is 1.46 bits per heavy atom. The van der Waals surface area contributed by atoms with Crippen molar-refractivity contribution in [2.75, 3.05) is 16.8 Å². The normalized spacial score (nSPS) is 16.8. The fourth-order valence-corrected chi connectivity index (χ4v) is 3.81. The molecule has 26 heavy (non-hydrogen) atoms. The van der Waals surface area contributed by atoms with E-state index in [2.05, 4.69) is 25.5 Å². The molecule has 1 atom stereocenters. The molecule has 1 aliphatic rings. The van der Waals surface area contributed by atoms with Crippen LogP contribution in [0.15, 0.2) is 35.8 Å². The molecule has 0 bridgehead atoms. The van der Waals surface area contributed by atoms with Crippen molar-refractivity contribution in [2.24, 2.45) is 0 Å². The molecule has 1 aliphatic heterocycles. The zero-order valence-corrected chi connectivity index (χ0v) is 14.7. The Morgan fingerprint density at radius 3 is 3.19 bits per heavy atom. The lowest BCUT2D eigenvalue weighted by Gasteiger charge is -2.22. The van der Waals surface area contributed by atoms with Gasteiger partial charge >= 0.3 is 0 Å². The van der Waals surface area contributed by atoms with Gasteiger partial charge in [0.1, 0.15) is 17.7 Å². The van der Waals surface area contributed by atoms with Crippen LogP contribution in [-0.2, 0) is 11.2 Å². The molecule has 1 amide bonds. The van der Waals surface area contributed by atoms with E-state index in [1.165, 1.54) is 23.5 Å². The number of halogens is 1. The van der Waals surface area contributed by atoms with Gasteiger partial charge < -0.3 is 4.90 Å². The van der Waals surface area contributed by atoms with Gasteiger partial charge in [-0.2, -0.15) is 4.98 Å². The van der Waals surface area contributed by atoms with Gasteiger partial charge in [0.15, 0.2) is 5.13 Å². The molecule has 1 fully saturated rings. The van der Waals surface area contributed by atoms with E-state index in [4.69, 9.17) is 0 Å². The number of hydrogen-bond donors (Lipinski definition) is 2. The van der Waals surface area contributed by atoms with Crippen LogP contribution in [0.1, 0.15) is 24.2 Å². The SMILES string of the molecule is O=C(Nc1n[nH]c(Cc2cccc(F)c2)n1)C1CCCN1c1nccs1. The molecular weight excluding hydrogens is 355 g/mol. The molecule has 0 saturated carbocycles. The van der Waals surface area contributed by atoms with Crippen LogP contribution in [0.5, 0.6) is 0 Å². The summed E-state index contributed by atoms with van der Waals surface area (Å²) in [5.74, 6) is 0.356. The summed E-state index contributed by atoms with van der Waals surface area (Å²) in [6, 6.07) is 6.04. The van der Waals surface area contributed by atoms with Crippen molar-refractivity contribution >= 4 is 28.3 Å². The Labute approximate surface area is 153 Å². The highest BCUT2D eigenvalue weighted by Crippen LogP contribution is 2.27. The van der Waals surface area contributed by atoms with Gasteiger partial charge in [-0.25, -0.2) is 9.37 Å². The number of hydrogen-bond acceptors (Lipinski definition) is 6. The molecule has 7 nitrogen and oxygen atoms in total. The van der Waals surface area contributed by atoms with Gasteiger partial charge in [0.25, 0.3) is 0 Å². The molecule has 0 aliphatic carbocycles. The lowest BCUT2D eigenvalue weighted by Crippen LogP contribution is -2.39. The maximum absolute atomic E-state index is 13.3. The monoisotopic (exact) mass is 372 g/mol. The van der Waals surface area contributed by atoms with Gasteiger partial charge in [0, 0.05) is 24.5 Å². The molecule has 1 saturated heterocycles. The van der Waals surface area contributed by atoms with E-state index >= 15 is 0 Å². The Kier molecular flexibility index (Phi) is 4.61. The minimum atomic E-state index is -0.293. The molecule has 134 valence electrons. The summed E-state index contributed by atoms with van der Waals surface area (Å²) in [5, 5.41) is 12.3. The number of carbonyl (C=O) groups excluding carboxylic acids is 1. The zero-order valence-electron chi connectivity index (χ0n) is 13.9. The summed E-state index contributed by atoms with van der Waals surface area (Å²) in [6.45, 7) is 0.810. The Hall–Kier alpha value is -2.81.